The zero-order chi connectivity index (χ0) is 12.5. The number of nitrogens with one attached hydrogen (secondary N) is 1. The van der Waals surface area contributed by atoms with E-state index < -0.39 is 0 Å². The minimum Gasteiger partial charge on any atom is -0.350 e. The van der Waals surface area contributed by atoms with Crippen molar-refractivity contribution in [2.45, 2.75) is 6.54 Å². The van der Waals surface area contributed by atoms with Gasteiger partial charge in [-0.15, -0.1) is 0 Å². The van der Waals surface area contributed by atoms with Crippen LogP contribution in [0.4, 0.5) is 5.95 Å². The van der Waals surface area contributed by atoms with Crippen molar-refractivity contribution in [1.82, 2.24) is 19.3 Å². The molecule has 0 fully saturated rings. The van der Waals surface area contributed by atoms with E-state index in [0.29, 0.717) is 6.54 Å². The lowest BCUT2D eigenvalue weighted by atomic mass is 10.3. The van der Waals surface area contributed by atoms with Crippen molar-refractivity contribution in [3.63, 3.8) is 0 Å². The number of nitrogens with zero attached hydrogens (tertiary/aromatic N) is 4. The molecule has 0 bridgehead atoms. The van der Waals surface area contributed by atoms with Crippen LogP contribution < -0.4 is 5.32 Å². The van der Waals surface area contributed by atoms with E-state index in [2.05, 4.69) is 26.0 Å². The van der Waals surface area contributed by atoms with Crippen LogP contribution in [-0.4, -0.2) is 19.3 Å². The first-order valence-electron chi connectivity index (χ1n) is 5.88. The Balaban J connectivity index is 1.84. The Bertz CT molecular complexity index is 680. The van der Waals surface area contributed by atoms with Crippen molar-refractivity contribution in [2.24, 2.45) is 14.1 Å². The van der Waals surface area contributed by atoms with E-state index in [0.717, 1.165) is 22.7 Å². The molecule has 0 radical (unpaired) electrons. The van der Waals surface area contributed by atoms with Gasteiger partial charge in [0.1, 0.15) is 0 Å². The first-order valence-corrected chi connectivity index (χ1v) is 5.88. The van der Waals surface area contributed by atoms with Crippen molar-refractivity contribution in [2.75, 3.05) is 5.32 Å². The molecule has 3 rings (SSSR count). The van der Waals surface area contributed by atoms with Gasteiger partial charge in [-0.2, -0.15) is 5.10 Å². The van der Waals surface area contributed by atoms with Crippen molar-refractivity contribution < 1.29 is 0 Å². The molecule has 0 aliphatic rings. The number of para-hydroxylation sites is 2. The summed E-state index contributed by atoms with van der Waals surface area (Å²) in [6.07, 6.45) is 1.94. The van der Waals surface area contributed by atoms with Crippen LogP contribution in [0.1, 0.15) is 5.69 Å². The fourth-order valence-corrected chi connectivity index (χ4v) is 2.03. The van der Waals surface area contributed by atoms with E-state index in [1.54, 1.807) is 4.68 Å². The molecule has 0 aliphatic carbocycles. The summed E-state index contributed by atoms with van der Waals surface area (Å²) >= 11 is 0. The Kier molecular flexibility index (Phi) is 2.51. The molecule has 5 heteroatoms. The van der Waals surface area contributed by atoms with Crippen LogP contribution in [0.5, 0.6) is 0 Å². The lowest BCUT2D eigenvalue weighted by Crippen LogP contribution is -2.05. The molecule has 0 saturated heterocycles. The highest BCUT2D eigenvalue weighted by atomic mass is 15.3. The predicted molar refractivity (Wildman–Crippen MR) is 71.2 cm³/mol. The highest BCUT2D eigenvalue weighted by Gasteiger charge is 2.06. The zero-order valence-electron chi connectivity index (χ0n) is 10.5. The van der Waals surface area contributed by atoms with Crippen molar-refractivity contribution >= 4 is 17.0 Å². The van der Waals surface area contributed by atoms with Crippen molar-refractivity contribution in [3.8, 4) is 0 Å². The van der Waals surface area contributed by atoms with Crippen LogP contribution in [0.15, 0.2) is 36.5 Å². The van der Waals surface area contributed by atoms with Crippen molar-refractivity contribution in [1.29, 1.82) is 0 Å². The molecule has 0 spiro atoms. The maximum Gasteiger partial charge on any atom is 0.203 e. The number of anilines is 1. The molecule has 92 valence electrons. The second kappa shape index (κ2) is 4.18. The third-order valence-electron chi connectivity index (χ3n) is 2.98. The predicted octanol–water partition coefficient (Wildman–Crippen LogP) is 1.92. The Morgan fingerprint density at radius 2 is 2.00 bits per heavy atom. The molecule has 0 atom stereocenters. The SMILES string of the molecule is Cn1ccc(CNc2nc3ccccc3n2C)n1. The number of rotatable bonds is 3. The zero-order valence-corrected chi connectivity index (χ0v) is 10.5. The summed E-state index contributed by atoms with van der Waals surface area (Å²) in [6.45, 7) is 0.679. The molecular weight excluding hydrogens is 226 g/mol. The Hall–Kier alpha value is -2.30. The Morgan fingerprint density at radius 1 is 1.17 bits per heavy atom. The van der Waals surface area contributed by atoms with Gasteiger partial charge in [0, 0.05) is 20.3 Å². The van der Waals surface area contributed by atoms with Gasteiger partial charge in [0.05, 0.1) is 23.3 Å². The van der Waals surface area contributed by atoms with E-state index in [1.807, 2.05) is 44.6 Å². The molecule has 0 aliphatic heterocycles. The van der Waals surface area contributed by atoms with E-state index in [-0.39, 0.29) is 0 Å². The number of aryl methyl sites for hydroxylation is 2. The highest BCUT2D eigenvalue weighted by molar-refractivity contribution is 5.78. The average molecular weight is 241 g/mol. The van der Waals surface area contributed by atoms with Gasteiger partial charge in [0.25, 0.3) is 0 Å². The van der Waals surface area contributed by atoms with E-state index in [4.69, 9.17) is 0 Å². The fraction of sp³-hybridized carbons (Fsp3) is 0.231. The summed E-state index contributed by atoms with van der Waals surface area (Å²) in [5, 5.41) is 7.63. The van der Waals surface area contributed by atoms with Gasteiger partial charge in [-0.05, 0) is 18.2 Å². The number of benzene rings is 1. The quantitative estimate of drug-likeness (QED) is 0.762. The lowest BCUT2D eigenvalue weighted by molar-refractivity contribution is 0.745. The van der Waals surface area contributed by atoms with Crippen LogP contribution in [0.2, 0.25) is 0 Å². The van der Waals surface area contributed by atoms with E-state index in [1.165, 1.54) is 0 Å². The Morgan fingerprint density at radius 3 is 2.72 bits per heavy atom. The topological polar surface area (TPSA) is 47.7 Å². The van der Waals surface area contributed by atoms with Gasteiger partial charge in [-0.3, -0.25) is 4.68 Å². The second-order valence-electron chi connectivity index (χ2n) is 4.32. The lowest BCUT2D eigenvalue weighted by Gasteiger charge is -2.03. The summed E-state index contributed by atoms with van der Waals surface area (Å²) in [6, 6.07) is 10.1. The van der Waals surface area contributed by atoms with E-state index in [9.17, 15) is 0 Å². The van der Waals surface area contributed by atoms with Crippen molar-refractivity contribution in [3.05, 3.63) is 42.2 Å². The van der Waals surface area contributed by atoms with Crippen LogP contribution in [0.3, 0.4) is 0 Å². The molecular formula is C13H15N5. The maximum absolute atomic E-state index is 4.55. The summed E-state index contributed by atoms with van der Waals surface area (Å²) in [5.41, 5.74) is 3.13. The molecule has 1 N–H and O–H groups in total. The molecule has 2 heterocycles. The van der Waals surface area contributed by atoms with Crippen LogP contribution >= 0.6 is 0 Å². The summed E-state index contributed by atoms with van der Waals surface area (Å²) in [5.74, 6) is 0.863. The molecule has 0 amide bonds. The molecule has 3 aromatic rings. The third kappa shape index (κ3) is 1.84. The van der Waals surface area contributed by atoms with Gasteiger partial charge in [-0.25, -0.2) is 4.98 Å². The van der Waals surface area contributed by atoms with Crippen LogP contribution in [0.25, 0.3) is 11.0 Å². The molecule has 2 aromatic heterocycles. The maximum atomic E-state index is 4.55. The van der Waals surface area contributed by atoms with Gasteiger partial charge in [0.2, 0.25) is 5.95 Å². The van der Waals surface area contributed by atoms with E-state index >= 15 is 0 Å². The standard InChI is InChI=1S/C13H15N5/c1-17-8-7-10(16-17)9-14-13-15-11-5-3-4-6-12(11)18(13)2/h3-8H,9H2,1-2H3,(H,14,15). The molecule has 18 heavy (non-hydrogen) atoms. The van der Waals surface area contributed by atoms with Gasteiger partial charge in [-0.1, -0.05) is 12.1 Å². The van der Waals surface area contributed by atoms with Gasteiger partial charge in [0.15, 0.2) is 0 Å². The fourth-order valence-electron chi connectivity index (χ4n) is 2.03. The molecule has 0 saturated carbocycles. The number of imidazole rings is 1. The minimum atomic E-state index is 0.679. The first kappa shape index (κ1) is 10.8. The average Bonchev–Trinajstić information content (AvgIpc) is 2.92. The summed E-state index contributed by atoms with van der Waals surface area (Å²) in [7, 11) is 3.93. The monoisotopic (exact) mass is 241 g/mol. The number of hydrogen-bond donors (Lipinski definition) is 1. The third-order valence-corrected chi connectivity index (χ3v) is 2.98. The molecule has 0 unspecified atom stereocenters. The number of hydrogen-bond acceptors (Lipinski definition) is 3. The largest absolute Gasteiger partial charge is 0.350 e. The number of aromatic nitrogens is 4. The normalized spacial score (nSPS) is 11.0. The van der Waals surface area contributed by atoms with Gasteiger partial charge >= 0.3 is 0 Å². The summed E-state index contributed by atoms with van der Waals surface area (Å²) < 4.78 is 3.85. The Labute approximate surface area is 105 Å². The first-order chi connectivity index (χ1) is 8.74. The number of fused-ring (bicyclic) bond motifs is 1. The minimum absolute atomic E-state index is 0.679. The van der Waals surface area contributed by atoms with Gasteiger partial charge < -0.3 is 9.88 Å². The van der Waals surface area contributed by atoms with Crippen LogP contribution in [0, 0.1) is 0 Å². The summed E-state index contributed by atoms with van der Waals surface area (Å²) in [4.78, 5) is 4.55. The van der Waals surface area contributed by atoms with Crippen LogP contribution in [-0.2, 0) is 20.6 Å². The smallest absolute Gasteiger partial charge is 0.203 e. The molecule has 1 aromatic carbocycles. The highest BCUT2D eigenvalue weighted by Crippen LogP contribution is 2.17. The molecule has 5 nitrogen and oxygen atoms in total. The second-order valence-corrected chi connectivity index (χ2v) is 4.32.